The van der Waals surface area contributed by atoms with Gasteiger partial charge >= 0.3 is 0 Å². The van der Waals surface area contributed by atoms with Crippen molar-refractivity contribution < 1.29 is 9.15 Å². The lowest BCUT2D eigenvalue weighted by atomic mass is 10.1. The van der Waals surface area contributed by atoms with Crippen LogP contribution in [0, 0.1) is 13.8 Å². The van der Waals surface area contributed by atoms with E-state index in [1.807, 2.05) is 56.3 Å². The fraction of sp³-hybridized carbons (Fsp3) is 0.190. The Bertz CT molecular complexity index is 1090. The maximum atomic E-state index is 6.13. The van der Waals surface area contributed by atoms with Gasteiger partial charge in [-0.25, -0.2) is 9.66 Å². The number of hydrogen-bond donors (Lipinski definition) is 1. The maximum absolute atomic E-state index is 6.13. The summed E-state index contributed by atoms with van der Waals surface area (Å²) >= 11 is 1.41. The monoisotopic (exact) mass is 407 g/mol. The lowest BCUT2D eigenvalue weighted by molar-refractivity contribution is 0.291. The third kappa shape index (κ3) is 4.60. The molecule has 0 fully saturated rings. The summed E-state index contributed by atoms with van der Waals surface area (Å²) in [4.78, 5) is 4.33. The Labute approximate surface area is 172 Å². The van der Waals surface area contributed by atoms with E-state index in [9.17, 15) is 0 Å². The number of hydrogen-bond acceptors (Lipinski definition) is 7. The molecule has 4 aromatic rings. The van der Waals surface area contributed by atoms with Crippen LogP contribution in [0.1, 0.15) is 22.8 Å². The molecule has 2 aromatic carbocycles. The normalized spacial score (nSPS) is 11.0. The van der Waals surface area contributed by atoms with Gasteiger partial charge in [0.15, 0.2) is 11.6 Å². The van der Waals surface area contributed by atoms with Crippen LogP contribution in [-0.4, -0.2) is 19.9 Å². The summed E-state index contributed by atoms with van der Waals surface area (Å²) in [5.74, 6) is 9.29. The molecule has 2 heterocycles. The van der Waals surface area contributed by atoms with Gasteiger partial charge in [-0.2, -0.15) is 0 Å². The first-order valence-electron chi connectivity index (χ1n) is 9.12. The number of benzene rings is 2. The topological polar surface area (TPSA) is 92.0 Å². The summed E-state index contributed by atoms with van der Waals surface area (Å²) in [7, 11) is 0. The number of aryl methyl sites for hydroxylation is 2. The van der Waals surface area contributed by atoms with Crippen molar-refractivity contribution in [3.05, 3.63) is 77.6 Å². The molecular weight excluding hydrogens is 386 g/mol. The summed E-state index contributed by atoms with van der Waals surface area (Å²) in [6.07, 6.45) is 1.72. The molecule has 0 aliphatic heterocycles. The molecule has 2 N–H and O–H groups in total. The highest BCUT2D eigenvalue weighted by Crippen LogP contribution is 2.25. The lowest BCUT2D eigenvalue weighted by Gasteiger charge is -2.08. The SMILES string of the molecule is Cc1cc(C)cc(OCc2nnc(SCc3ncc(-c4ccccc4)o3)n2N)c1. The minimum absolute atomic E-state index is 0.240. The van der Waals surface area contributed by atoms with Crippen molar-refractivity contribution in [1.82, 2.24) is 19.9 Å². The third-order valence-corrected chi connectivity index (χ3v) is 5.16. The van der Waals surface area contributed by atoms with Crippen molar-refractivity contribution in [3.63, 3.8) is 0 Å². The van der Waals surface area contributed by atoms with E-state index in [4.69, 9.17) is 15.0 Å². The number of oxazole rings is 1. The predicted octanol–water partition coefficient (Wildman–Crippen LogP) is 4.14. The Hall–Kier alpha value is -3.26. The molecule has 0 aliphatic carbocycles. The molecule has 0 spiro atoms. The second-order valence-electron chi connectivity index (χ2n) is 6.65. The standard InChI is InChI=1S/C21H21N5O2S/c1-14-8-15(2)10-17(9-14)27-12-19-24-25-21(26(19)22)29-13-20-23-11-18(28-20)16-6-4-3-5-7-16/h3-11H,12-13,22H2,1-2H3. The molecule has 7 nitrogen and oxygen atoms in total. The molecular formula is C21H21N5O2S. The molecule has 0 saturated carbocycles. The van der Waals surface area contributed by atoms with E-state index in [1.54, 1.807) is 6.20 Å². The zero-order chi connectivity index (χ0) is 20.2. The molecule has 148 valence electrons. The minimum Gasteiger partial charge on any atom is -0.486 e. The summed E-state index contributed by atoms with van der Waals surface area (Å²) in [5.41, 5.74) is 3.28. The average molecular weight is 407 g/mol. The van der Waals surface area contributed by atoms with E-state index >= 15 is 0 Å². The number of nitrogen functional groups attached to an aromatic ring is 1. The fourth-order valence-corrected chi connectivity index (χ4v) is 3.64. The number of nitrogens with two attached hydrogens (primary N) is 1. The van der Waals surface area contributed by atoms with Crippen molar-refractivity contribution in [1.29, 1.82) is 0 Å². The van der Waals surface area contributed by atoms with Crippen LogP contribution in [0.25, 0.3) is 11.3 Å². The first-order chi connectivity index (χ1) is 14.1. The summed E-state index contributed by atoms with van der Waals surface area (Å²) in [6.45, 7) is 4.31. The van der Waals surface area contributed by atoms with Crippen LogP contribution in [-0.2, 0) is 12.4 Å². The second-order valence-corrected chi connectivity index (χ2v) is 7.60. The van der Waals surface area contributed by atoms with Crippen LogP contribution < -0.4 is 10.6 Å². The van der Waals surface area contributed by atoms with Crippen molar-refractivity contribution >= 4 is 11.8 Å². The number of aromatic nitrogens is 4. The van der Waals surface area contributed by atoms with Crippen molar-refractivity contribution in [2.45, 2.75) is 31.4 Å². The lowest BCUT2D eigenvalue weighted by Crippen LogP contribution is -2.15. The highest BCUT2D eigenvalue weighted by Gasteiger charge is 2.13. The summed E-state index contributed by atoms with van der Waals surface area (Å²) in [6, 6.07) is 15.9. The Morgan fingerprint density at radius 1 is 1.07 bits per heavy atom. The van der Waals surface area contributed by atoms with Gasteiger partial charge in [0.05, 0.1) is 11.9 Å². The van der Waals surface area contributed by atoms with Gasteiger partial charge in [0, 0.05) is 5.56 Å². The van der Waals surface area contributed by atoms with E-state index in [0.717, 1.165) is 28.2 Å². The molecule has 4 rings (SSSR count). The Kier molecular flexibility index (Phi) is 5.53. The zero-order valence-corrected chi connectivity index (χ0v) is 17.0. The Morgan fingerprint density at radius 2 is 1.83 bits per heavy atom. The van der Waals surface area contributed by atoms with Crippen LogP contribution in [0.15, 0.2) is 64.3 Å². The van der Waals surface area contributed by atoms with E-state index < -0.39 is 0 Å². The van der Waals surface area contributed by atoms with E-state index in [-0.39, 0.29) is 6.61 Å². The van der Waals surface area contributed by atoms with Crippen molar-refractivity contribution in [3.8, 4) is 17.1 Å². The fourth-order valence-electron chi connectivity index (χ4n) is 2.91. The van der Waals surface area contributed by atoms with Crippen LogP contribution in [0.3, 0.4) is 0 Å². The molecule has 0 radical (unpaired) electrons. The average Bonchev–Trinajstić information content (AvgIpc) is 3.32. The van der Waals surface area contributed by atoms with Gasteiger partial charge < -0.3 is 15.0 Å². The highest BCUT2D eigenvalue weighted by molar-refractivity contribution is 7.98. The second kappa shape index (κ2) is 8.40. The highest BCUT2D eigenvalue weighted by atomic mass is 32.2. The van der Waals surface area contributed by atoms with Gasteiger partial charge in [0.2, 0.25) is 11.0 Å². The largest absolute Gasteiger partial charge is 0.486 e. The maximum Gasteiger partial charge on any atom is 0.210 e. The van der Waals surface area contributed by atoms with Crippen molar-refractivity contribution in [2.24, 2.45) is 0 Å². The summed E-state index contributed by atoms with van der Waals surface area (Å²) < 4.78 is 13.1. The molecule has 0 aliphatic rings. The van der Waals surface area contributed by atoms with Crippen LogP contribution in [0.2, 0.25) is 0 Å². The van der Waals surface area contributed by atoms with E-state index in [2.05, 4.69) is 21.2 Å². The molecule has 2 aromatic heterocycles. The smallest absolute Gasteiger partial charge is 0.210 e. The first-order valence-corrected chi connectivity index (χ1v) is 10.1. The molecule has 29 heavy (non-hydrogen) atoms. The van der Waals surface area contributed by atoms with E-state index in [1.165, 1.54) is 16.4 Å². The molecule has 8 heteroatoms. The van der Waals surface area contributed by atoms with Crippen LogP contribution in [0.4, 0.5) is 0 Å². The van der Waals surface area contributed by atoms with Crippen molar-refractivity contribution in [2.75, 3.05) is 5.84 Å². The predicted molar refractivity (Wildman–Crippen MR) is 112 cm³/mol. The van der Waals surface area contributed by atoms with Gasteiger partial charge in [-0.1, -0.05) is 48.2 Å². The summed E-state index contributed by atoms with van der Waals surface area (Å²) in [5, 5.41) is 8.85. The third-order valence-electron chi connectivity index (χ3n) is 4.23. The minimum atomic E-state index is 0.240. The number of nitrogens with zero attached hydrogens (tertiary/aromatic N) is 4. The van der Waals surface area contributed by atoms with Gasteiger partial charge in [-0.15, -0.1) is 10.2 Å². The Morgan fingerprint density at radius 3 is 2.59 bits per heavy atom. The van der Waals surface area contributed by atoms with Crippen LogP contribution >= 0.6 is 11.8 Å². The first kappa shape index (κ1) is 19.1. The van der Waals surface area contributed by atoms with E-state index in [0.29, 0.717) is 22.6 Å². The number of rotatable bonds is 7. The number of ether oxygens (including phenoxy) is 1. The van der Waals surface area contributed by atoms with Crippen LogP contribution in [0.5, 0.6) is 5.75 Å². The zero-order valence-electron chi connectivity index (χ0n) is 16.2. The van der Waals surface area contributed by atoms with Gasteiger partial charge in [-0.05, 0) is 37.1 Å². The quantitative estimate of drug-likeness (QED) is 0.364. The molecule has 0 saturated heterocycles. The molecule has 0 amide bonds. The molecule has 0 unspecified atom stereocenters. The molecule has 0 bridgehead atoms. The molecule has 0 atom stereocenters. The number of thioether (sulfide) groups is 1. The van der Waals surface area contributed by atoms with Gasteiger partial charge in [0.1, 0.15) is 12.4 Å². The van der Waals surface area contributed by atoms with Gasteiger partial charge in [-0.3, -0.25) is 0 Å². The van der Waals surface area contributed by atoms with Gasteiger partial charge in [0.25, 0.3) is 0 Å². The Balaban J connectivity index is 1.37.